The molecule has 0 fully saturated rings. The predicted molar refractivity (Wildman–Crippen MR) is 71.5 cm³/mol. The van der Waals surface area contributed by atoms with Gasteiger partial charge in [0.2, 0.25) is 0 Å². The molecule has 3 radical (unpaired) electrons. The van der Waals surface area contributed by atoms with Gasteiger partial charge in [-0.25, -0.2) is 7.80 Å². The number of hydrogen-bond donors (Lipinski definition) is 0. The van der Waals surface area contributed by atoms with Gasteiger partial charge in [-0.2, -0.15) is 0 Å². The third kappa shape index (κ3) is 4.03. The van der Waals surface area contributed by atoms with E-state index in [0.29, 0.717) is 12.3 Å². The second-order valence-electron chi connectivity index (χ2n) is 3.34. The molecule has 0 N–H and O–H groups in total. The van der Waals surface area contributed by atoms with Crippen molar-refractivity contribution in [3.8, 4) is 0 Å². The normalized spacial score (nSPS) is 13.7. The second-order valence-corrected chi connectivity index (χ2v) is 7.87. The molecule has 1 aromatic carbocycles. The average Bonchev–Trinajstić information content (AvgIpc) is 2.36. The van der Waals surface area contributed by atoms with Crippen LogP contribution in [0.2, 0.25) is 0 Å². The first-order valence-corrected chi connectivity index (χ1v) is 8.50. The maximum atomic E-state index is 11.8. The molecule has 0 aromatic heterocycles. The fraction of sp³-hybridized carbons (Fsp3) is 0.400. The summed E-state index contributed by atoms with van der Waals surface area (Å²) < 4.78 is 21.5. The van der Waals surface area contributed by atoms with E-state index in [1.807, 2.05) is 30.3 Å². The van der Waals surface area contributed by atoms with E-state index in [4.69, 9.17) is 16.6 Å². The van der Waals surface area contributed by atoms with Crippen LogP contribution in [0, 0.1) is 0 Å². The van der Waals surface area contributed by atoms with E-state index in [1.165, 1.54) is 14.2 Å². The molecule has 0 saturated carbocycles. The Balaban J connectivity index is 2.53. The van der Waals surface area contributed by atoms with Crippen molar-refractivity contribution in [2.45, 2.75) is 0 Å². The Morgan fingerprint density at radius 1 is 1.25 bits per heavy atom. The van der Waals surface area contributed by atoms with Crippen LogP contribution in [0.15, 0.2) is 30.3 Å². The van der Waals surface area contributed by atoms with Gasteiger partial charge in [-0.15, -0.1) is 0 Å². The SMILES string of the molecule is [B-][PH+](CCP(=O)(OC)OC)c1ccccc1. The molecule has 87 valence electrons. The van der Waals surface area contributed by atoms with Crippen LogP contribution in [0.25, 0.3) is 0 Å². The third-order valence-corrected chi connectivity index (χ3v) is 6.52. The minimum atomic E-state index is -2.91. The summed E-state index contributed by atoms with van der Waals surface area (Å²) in [6.07, 6.45) is 1.05. The van der Waals surface area contributed by atoms with Crippen LogP contribution in [0.3, 0.4) is 0 Å². The highest BCUT2D eigenvalue weighted by molar-refractivity contribution is 7.88. The summed E-state index contributed by atoms with van der Waals surface area (Å²) in [5.41, 5.74) is 0. The first kappa shape index (κ1) is 13.9. The molecule has 3 nitrogen and oxygen atoms in total. The van der Waals surface area contributed by atoms with E-state index < -0.39 is 15.4 Å². The highest BCUT2D eigenvalue weighted by atomic mass is 31.2. The lowest BCUT2D eigenvalue weighted by molar-refractivity contribution is 0.277. The van der Waals surface area contributed by atoms with E-state index >= 15 is 0 Å². The van der Waals surface area contributed by atoms with Gasteiger partial charge in [0, 0.05) is 25.7 Å². The molecule has 0 heterocycles. The van der Waals surface area contributed by atoms with Crippen molar-refractivity contribution in [3.05, 3.63) is 30.3 Å². The maximum Gasteiger partial charge on any atom is 0.333 e. The smallest absolute Gasteiger partial charge is 0.312 e. The molecule has 0 bridgehead atoms. The molecule has 6 heteroatoms. The average molecular weight is 257 g/mol. The summed E-state index contributed by atoms with van der Waals surface area (Å²) in [5, 5.41) is 1.13. The van der Waals surface area contributed by atoms with Crippen molar-refractivity contribution in [1.29, 1.82) is 0 Å². The first-order chi connectivity index (χ1) is 7.61. The van der Waals surface area contributed by atoms with Gasteiger partial charge in [0.1, 0.15) is 0 Å². The lowest BCUT2D eigenvalue weighted by Crippen LogP contribution is -2.06. The zero-order valence-corrected chi connectivity index (χ0v) is 11.4. The molecule has 1 unspecified atom stereocenters. The van der Waals surface area contributed by atoms with Gasteiger partial charge in [-0.3, -0.25) is 4.57 Å². The Labute approximate surface area is 99.2 Å². The zero-order valence-electron chi connectivity index (χ0n) is 9.55. The molecule has 1 aromatic rings. The Morgan fingerprint density at radius 2 is 1.81 bits per heavy atom. The molecule has 0 amide bonds. The van der Waals surface area contributed by atoms with Crippen LogP contribution >= 0.6 is 15.4 Å². The highest BCUT2D eigenvalue weighted by Gasteiger charge is 2.21. The van der Waals surface area contributed by atoms with Crippen molar-refractivity contribution < 1.29 is 13.6 Å². The number of rotatable bonds is 6. The molecular weight excluding hydrogens is 241 g/mol. The molecule has 0 aliphatic rings. The lowest BCUT2D eigenvalue weighted by atomic mass is 10.4. The minimum absolute atomic E-state index is 0.375. The highest BCUT2D eigenvalue weighted by Crippen LogP contribution is 2.48. The van der Waals surface area contributed by atoms with Gasteiger partial charge in [-0.1, -0.05) is 18.2 Å². The monoisotopic (exact) mass is 257 g/mol. The Hall–Kier alpha value is -0.135. The predicted octanol–water partition coefficient (Wildman–Crippen LogP) is 2.10. The quantitative estimate of drug-likeness (QED) is 0.578. The Kier molecular flexibility index (Phi) is 5.71. The van der Waals surface area contributed by atoms with Crippen molar-refractivity contribution in [3.63, 3.8) is 0 Å². The van der Waals surface area contributed by atoms with E-state index in [1.54, 1.807) is 0 Å². The van der Waals surface area contributed by atoms with Crippen molar-refractivity contribution in [2.24, 2.45) is 0 Å². The molecule has 0 spiro atoms. The van der Waals surface area contributed by atoms with Crippen LogP contribution in [-0.2, 0) is 13.6 Å². The van der Waals surface area contributed by atoms with Gasteiger partial charge in [0.15, 0.2) is 0 Å². The van der Waals surface area contributed by atoms with Gasteiger partial charge in [0.25, 0.3) is 0 Å². The van der Waals surface area contributed by atoms with Crippen LogP contribution in [0.4, 0.5) is 0 Å². The third-order valence-electron chi connectivity index (χ3n) is 2.36. The van der Waals surface area contributed by atoms with Crippen molar-refractivity contribution in [1.82, 2.24) is 0 Å². The fourth-order valence-electron chi connectivity index (χ4n) is 1.31. The first-order valence-electron chi connectivity index (χ1n) is 4.98. The van der Waals surface area contributed by atoms with Gasteiger partial charge in [-0.05, 0) is 12.1 Å². The largest absolute Gasteiger partial charge is 0.333 e. The van der Waals surface area contributed by atoms with E-state index in [2.05, 4.69) is 0 Å². The standard InChI is InChI=1S/C10H16BO3P2/c1-13-16(12,14-2)9-8-15(11)10-6-4-3-5-7-10/h3-7,15H,8-9H2,1-2H3. The second kappa shape index (κ2) is 6.56. The number of hydrogen-bond acceptors (Lipinski definition) is 3. The Bertz CT molecular complexity index is 350. The number of benzene rings is 1. The lowest BCUT2D eigenvalue weighted by Gasteiger charge is -2.19. The van der Waals surface area contributed by atoms with E-state index in [0.717, 1.165) is 5.30 Å². The maximum absolute atomic E-state index is 11.8. The van der Waals surface area contributed by atoms with E-state index in [9.17, 15) is 4.57 Å². The minimum Gasteiger partial charge on any atom is -0.312 e. The summed E-state index contributed by atoms with van der Waals surface area (Å²) in [5.74, 6) is 0. The van der Waals surface area contributed by atoms with Gasteiger partial charge in [0.05, 0.1) is 6.16 Å². The summed E-state index contributed by atoms with van der Waals surface area (Å²) in [6, 6.07) is 9.86. The molecule has 0 aliphatic carbocycles. The summed E-state index contributed by atoms with van der Waals surface area (Å²) in [7, 11) is 4.82. The van der Waals surface area contributed by atoms with Crippen molar-refractivity contribution in [2.75, 3.05) is 26.5 Å². The van der Waals surface area contributed by atoms with Crippen LogP contribution in [-0.4, -0.2) is 34.1 Å². The molecule has 0 aliphatic heterocycles. The fourth-order valence-corrected chi connectivity index (χ4v) is 4.79. The summed E-state index contributed by atoms with van der Waals surface area (Å²) in [4.78, 5) is 0. The topological polar surface area (TPSA) is 35.5 Å². The molecule has 16 heavy (non-hydrogen) atoms. The van der Waals surface area contributed by atoms with Gasteiger partial charge < -0.3 is 16.6 Å². The summed E-state index contributed by atoms with van der Waals surface area (Å²) >= 11 is 0. The van der Waals surface area contributed by atoms with Crippen LogP contribution in [0.5, 0.6) is 0 Å². The molecule has 0 saturated heterocycles. The van der Waals surface area contributed by atoms with E-state index in [-0.39, 0.29) is 0 Å². The van der Waals surface area contributed by atoms with Crippen molar-refractivity contribution >= 4 is 28.3 Å². The molecule has 1 rings (SSSR count). The van der Waals surface area contributed by atoms with Gasteiger partial charge >= 0.3 is 7.60 Å². The molecular formula is C10H16BO3P2. The summed E-state index contributed by atoms with van der Waals surface area (Å²) in [6.45, 7) is 0. The molecule has 1 atom stereocenters. The Morgan fingerprint density at radius 3 is 2.31 bits per heavy atom. The van der Waals surface area contributed by atoms with Crippen LogP contribution < -0.4 is 5.30 Å². The zero-order chi connectivity index (χ0) is 12.0. The van der Waals surface area contributed by atoms with Crippen LogP contribution in [0.1, 0.15) is 0 Å².